The van der Waals surface area contributed by atoms with E-state index < -0.39 is 6.04 Å². The van der Waals surface area contributed by atoms with E-state index in [0.717, 1.165) is 44.1 Å². The van der Waals surface area contributed by atoms with Crippen LogP contribution in [0.4, 0.5) is 0 Å². The maximum atomic E-state index is 14.1. The quantitative estimate of drug-likeness (QED) is 0.553. The number of likely N-dealkylation sites (tertiary alicyclic amines) is 1. The first-order chi connectivity index (χ1) is 15.5. The van der Waals surface area contributed by atoms with Crippen LogP contribution in [0.1, 0.15) is 69.8 Å². The van der Waals surface area contributed by atoms with Gasteiger partial charge < -0.3 is 23.8 Å². The van der Waals surface area contributed by atoms with Crippen molar-refractivity contribution in [2.24, 2.45) is 5.92 Å². The number of nitrogens with zero attached hydrogens (tertiary/aromatic N) is 1. The highest BCUT2D eigenvalue weighted by Gasteiger charge is 2.40. The van der Waals surface area contributed by atoms with Crippen molar-refractivity contribution in [1.82, 2.24) is 4.90 Å². The molecule has 7 heteroatoms. The maximum absolute atomic E-state index is 14.1. The summed E-state index contributed by atoms with van der Waals surface area (Å²) < 4.78 is 21.9. The normalized spacial score (nSPS) is 20.4. The van der Waals surface area contributed by atoms with Gasteiger partial charge in [-0.05, 0) is 62.6 Å². The standard InChI is InChI=1S/C25H37NO6/c1-5-32-25(28)19-13-9-10-14-26(19)24(27)22(17-11-7-6-8-12-17)18-15-20(29-2)23(31-4)21(16-18)30-3/h15-17,19,22H,5-14H2,1-4H3/t19-,22?/m0/s1. The van der Waals surface area contributed by atoms with Crippen molar-refractivity contribution in [3.63, 3.8) is 0 Å². The van der Waals surface area contributed by atoms with Crippen LogP contribution in [0.25, 0.3) is 0 Å². The van der Waals surface area contributed by atoms with Crippen LogP contribution in [0.15, 0.2) is 12.1 Å². The number of hydrogen-bond acceptors (Lipinski definition) is 6. The van der Waals surface area contributed by atoms with Crippen molar-refractivity contribution in [1.29, 1.82) is 0 Å². The van der Waals surface area contributed by atoms with Crippen molar-refractivity contribution in [2.75, 3.05) is 34.5 Å². The zero-order chi connectivity index (χ0) is 23.1. The molecular formula is C25H37NO6. The van der Waals surface area contributed by atoms with E-state index in [4.69, 9.17) is 18.9 Å². The summed E-state index contributed by atoms with van der Waals surface area (Å²) in [6.45, 7) is 2.69. The molecule has 1 saturated heterocycles. The Morgan fingerprint density at radius 1 is 0.938 bits per heavy atom. The average molecular weight is 448 g/mol. The molecule has 1 aliphatic heterocycles. The summed E-state index contributed by atoms with van der Waals surface area (Å²) in [6.07, 6.45) is 7.87. The van der Waals surface area contributed by atoms with Gasteiger partial charge in [-0.25, -0.2) is 4.79 Å². The lowest BCUT2D eigenvalue weighted by Gasteiger charge is -2.39. The van der Waals surface area contributed by atoms with E-state index in [1.165, 1.54) is 6.42 Å². The number of ether oxygens (including phenoxy) is 4. The van der Waals surface area contributed by atoms with Crippen LogP contribution in [0, 0.1) is 5.92 Å². The van der Waals surface area contributed by atoms with Gasteiger partial charge in [-0.3, -0.25) is 4.79 Å². The molecule has 0 N–H and O–H groups in total. The van der Waals surface area contributed by atoms with Crippen LogP contribution in [0.2, 0.25) is 0 Å². The second kappa shape index (κ2) is 11.4. The zero-order valence-corrected chi connectivity index (χ0v) is 19.9. The first-order valence-electron chi connectivity index (χ1n) is 11.8. The number of benzene rings is 1. The minimum absolute atomic E-state index is 0.00364. The molecule has 3 rings (SSSR count). The number of rotatable bonds is 8. The van der Waals surface area contributed by atoms with Crippen molar-refractivity contribution in [3.05, 3.63) is 17.7 Å². The third-order valence-corrected chi connectivity index (χ3v) is 6.78. The largest absolute Gasteiger partial charge is 0.493 e. The van der Waals surface area contributed by atoms with Gasteiger partial charge in [-0.15, -0.1) is 0 Å². The lowest BCUT2D eigenvalue weighted by molar-refractivity contribution is -0.157. The van der Waals surface area contributed by atoms with Gasteiger partial charge in [0.05, 0.1) is 33.9 Å². The molecule has 1 amide bonds. The predicted octanol–water partition coefficient (Wildman–Crippen LogP) is 4.32. The maximum Gasteiger partial charge on any atom is 0.328 e. The van der Waals surface area contributed by atoms with E-state index in [1.807, 2.05) is 12.1 Å². The van der Waals surface area contributed by atoms with Crippen molar-refractivity contribution < 1.29 is 28.5 Å². The minimum Gasteiger partial charge on any atom is -0.493 e. The predicted molar refractivity (Wildman–Crippen MR) is 121 cm³/mol. The smallest absolute Gasteiger partial charge is 0.328 e. The van der Waals surface area contributed by atoms with Crippen molar-refractivity contribution in [3.8, 4) is 17.2 Å². The molecule has 1 unspecified atom stereocenters. The molecular weight excluding hydrogens is 410 g/mol. The molecule has 1 saturated carbocycles. The van der Waals surface area contributed by atoms with Gasteiger partial charge in [-0.1, -0.05) is 19.3 Å². The summed E-state index contributed by atoms with van der Waals surface area (Å²) in [5, 5.41) is 0. The number of esters is 1. The molecule has 2 atom stereocenters. The average Bonchev–Trinajstić information content (AvgIpc) is 2.84. The first-order valence-corrected chi connectivity index (χ1v) is 11.8. The Balaban J connectivity index is 2.03. The summed E-state index contributed by atoms with van der Waals surface area (Å²) in [7, 11) is 4.74. The summed E-state index contributed by atoms with van der Waals surface area (Å²) in [5.41, 5.74) is 0.851. The molecule has 0 bridgehead atoms. The number of carbonyl (C=O) groups excluding carboxylic acids is 2. The van der Waals surface area contributed by atoms with Gasteiger partial charge in [0.2, 0.25) is 11.7 Å². The van der Waals surface area contributed by atoms with E-state index in [-0.39, 0.29) is 23.7 Å². The van der Waals surface area contributed by atoms with E-state index in [2.05, 4.69) is 0 Å². The third kappa shape index (κ3) is 5.13. The Kier molecular flexibility index (Phi) is 8.65. The summed E-state index contributed by atoms with van der Waals surface area (Å²) in [5.74, 6) is 1.14. The SMILES string of the molecule is CCOC(=O)[C@@H]1CCCCN1C(=O)C(c1cc(OC)c(OC)c(OC)c1)C1CCCCC1. The molecule has 1 aromatic rings. The van der Waals surface area contributed by atoms with Crippen LogP contribution in [-0.2, 0) is 14.3 Å². The van der Waals surface area contributed by atoms with Crippen molar-refractivity contribution >= 4 is 11.9 Å². The van der Waals surface area contributed by atoms with Crippen LogP contribution in [0.3, 0.4) is 0 Å². The third-order valence-electron chi connectivity index (χ3n) is 6.78. The van der Waals surface area contributed by atoms with Crippen LogP contribution in [-0.4, -0.2) is 57.3 Å². The van der Waals surface area contributed by atoms with E-state index in [0.29, 0.717) is 36.8 Å². The zero-order valence-electron chi connectivity index (χ0n) is 19.9. The molecule has 0 spiro atoms. The van der Waals surface area contributed by atoms with Crippen molar-refractivity contribution in [2.45, 2.75) is 70.3 Å². The minimum atomic E-state index is -0.510. The molecule has 2 fully saturated rings. The fourth-order valence-corrected chi connectivity index (χ4v) is 5.22. The van der Waals surface area contributed by atoms with Crippen LogP contribution < -0.4 is 14.2 Å². The summed E-state index contributed by atoms with van der Waals surface area (Å²) >= 11 is 0. The van der Waals surface area contributed by atoms with E-state index >= 15 is 0 Å². The topological polar surface area (TPSA) is 74.3 Å². The molecule has 1 heterocycles. The molecule has 1 aromatic carbocycles. The lowest BCUT2D eigenvalue weighted by atomic mass is 9.75. The van der Waals surface area contributed by atoms with Gasteiger partial charge in [0.1, 0.15) is 6.04 Å². The number of methoxy groups -OCH3 is 3. The fraction of sp³-hybridized carbons (Fsp3) is 0.680. The Bertz CT molecular complexity index is 764. The summed E-state index contributed by atoms with van der Waals surface area (Å²) in [6, 6.07) is 3.27. The highest BCUT2D eigenvalue weighted by atomic mass is 16.5. The van der Waals surface area contributed by atoms with Crippen LogP contribution >= 0.6 is 0 Å². The number of carbonyl (C=O) groups is 2. The van der Waals surface area contributed by atoms with Crippen LogP contribution in [0.5, 0.6) is 17.2 Å². The van der Waals surface area contributed by atoms with E-state index in [9.17, 15) is 9.59 Å². The monoisotopic (exact) mass is 447 g/mol. The Hall–Kier alpha value is -2.44. The van der Waals surface area contributed by atoms with Gasteiger partial charge >= 0.3 is 5.97 Å². The molecule has 0 radical (unpaired) electrons. The molecule has 1 aliphatic carbocycles. The molecule has 2 aliphatic rings. The Morgan fingerprint density at radius 3 is 2.12 bits per heavy atom. The van der Waals surface area contributed by atoms with Gasteiger partial charge in [0.15, 0.2) is 11.5 Å². The summed E-state index contributed by atoms with van der Waals surface area (Å²) in [4.78, 5) is 28.5. The van der Waals surface area contributed by atoms with Gasteiger partial charge in [-0.2, -0.15) is 0 Å². The molecule has 32 heavy (non-hydrogen) atoms. The van der Waals surface area contributed by atoms with Gasteiger partial charge in [0.25, 0.3) is 0 Å². The number of hydrogen-bond donors (Lipinski definition) is 0. The first kappa shape index (κ1) is 24.2. The molecule has 178 valence electrons. The molecule has 0 aromatic heterocycles. The number of amides is 1. The second-order valence-corrected chi connectivity index (χ2v) is 8.63. The lowest BCUT2D eigenvalue weighted by Crippen LogP contribution is -2.51. The molecule has 7 nitrogen and oxygen atoms in total. The Labute approximate surface area is 191 Å². The second-order valence-electron chi connectivity index (χ2n) is 8.63. The highest BCUT2D eigenvalue weighted by molar-refractivity contribution is 5.89. The van der Waals surface area contributed by atoms with E-state index in [1.54, 1.807) is 33.2 Å². The highest BCUT2D eigenvalue weighted by Crippen LogP contribution is 2.45. The number of piperidine rings is 1. The van der Waals surface area contributed by atoms with Gasteiger partial charge in [0, 0.05) is 6.54 Å². The fourth-order valence-electron chi connectivity index (χ4n) is 5.22. The Morgan fingerprint density at radius 2 is 1.56 bits per heavy atom.